The molecule has 0 aliphatic carbocycles. The third kappa shape index (κ3) is 3.17. The van der Waals surface area contributed by atoms with Gasteiger partial charge in [-0.1, -0.05) is 25.9 Å². The molecule has 2 rings (SSSR count). The van der Waals surface area contributed by atoms with E-state index >= 15 is 0 Å². The van der Waals surface area contributed by atoms with Gasteiger partial charge in [0.25, 0.3) is 0 Å². The summed E-state index contributed by atoms with van der Waals surface area (Å²) in [7, 11) is 0. The Hall–Kier alpha value is -0.880. The Labute approximate surface area is 117 Å². The van der Waals surface area contributed by atoms with E-state index in [2.05, 4.69) is 30.9 Å². The summed E-state index contributed by atoms with van der Waals surface area (Å²) >= 11 is 1.61. The highest BCUT2D eigenvalue weighted by atomic mass is 32.2. The maximum absolute atomic E-state index is 11.7. The summed E-state index contributed by atoms with van der Waals surface area (Å²) in [5.74, 6) is 2.16. The van der Waals surface area contributed by atoms with Crippen LogP contribution >= 0.6 is 11.8 Å². The van der Waals surface area contributed by atoms with Crippen molar-refractivity contribution < 1.29 is 14.1 Å². The Balaban J connectivity index is 2.21. The molecule has 106 valence electrons. The van der Waals surface area contributed by atoms with Crippen LogP contribution in [0, 0.1) is 5.41 Å². The van der Waals surface area contributed by atoms with Crippen LogP contribution in [0.25, 0.3) is 0 Å². The van der Waals surface area contributed by atoms with Gasteiger partial charge < -0.3 is 9.26 Å². The third-order valence-corrected chi connectivity index (χ3v) is 4.09. The first kappa shape index (κ1) is 14.5. The Bertz CT molecular complexity index is 453. The summed E-state index contributed by atoms with van der Waals surface area (Å²) in [6.45, 7) is 8.74. The van der Waals surface area contributed by atoms with E-state index in [0.29, 0.717) is 24.1 Å². The van der Waals surface area contributed by atoms with Crippen LogP contribution in [0.5, 0.6) is 0 Å². The van der Waals surface area contributed by atoms with Crippen molar-refractivity contribution in [3.05, 3.63) is 11.7 Å². The minimum atomic E-state index is -0.242. The fraction of sp³-hybridized carbons (Fsp3) is 0.769. The van der Waals surface area contributed by atoms with Gasteiger partial charge in [-0.3, -0.25) is 4.79 Å². The van der Waals surface area contributed by atoms with Crippen LogP contribution in [0.15, 0.2) is 4.52 Å². The van der Waals surface area contributed by atoms with Gasteiger partial charge in [0.05, 0.1) is 5.75 Å². The molecule has 5 nitrogen and oxygen atoms in total. The summed E-state index contributed by atoms with van der Waals surface area (Å²) in [4.78, 5) is 16.1. The van der Waals surface area contributed by atoms with Gasteiger partial charge in [0.15, 0.2) is 5.78 Å². The molecular weight excluding hydrogens is 264 g/mol. The van der Waals surface area contributed by atoms with Crippen molar-refractivity contribution in [3.8, 4) is 0 Å². The standard InChI is InChI=1S/C13H20N2O3S/c1-5-17-10(13(2,3)4)11-14-12(18-15-11)8-6-19-7-9(8)16/h8,10H,5-7H2,1-4H3. The molecule has 1 saturated heterocycles. The van der Waals surface area contributed by atoms with Crippen molar-refractivity contribution in [2.45, 2.75) is 39.7 Å². The van der Waals surface area contributed by atoms with Crippen LogP contribution in [0.2, 0.25) is 0 Å². The second-order valence-corrected chi connectivity index (χ2v) is 6.76. The Morgan fingerprint density at radius 1 is 1.53 bits per heavy atom. The molecule has 6 heteroatoms. The average molecular weight is 284 g/mol. The number of carbonyl (C=O) groups excluding carboxylic acids is 1. The first-order chi connectivity index (χ1) is 8.93. The number of ketones is 1. The van der Waals surface area contributed by atoms with Gasteiger partial charge in [-0.2, -0.15) is 16.7 Å². The second-order valence-electron chi connectivity index (χ2n) is 5.73. The highest BCUT2D eigenvalue weighted by Crippen LogP contribution is 2.36. The van der Waals surface area contributed by atoms with Gasteiger partial charge in [0.1, 0.15) is 12.0 Å². The molecule has 2 unspecified atom stereocenters. The molecule has 0 radical (unpaired) electrons. The predicted octanol–water partition coefficient (Wildman–Crippen LogP) is 2.59. The third-order valence-electron chi connectivity index (χ3n) is 3.03. The number of hydrogen-bond acceptors (Lipinski definition) is 6. The molecular formula is C13H20N2O3S. The maximum Gasteiger partial charge on any atom is 0.238 e. The van der Waals surface area contributed by atoms with E-state index in [9.17, 15) is 4.79 Å². The normalized spacial score (nSPS) is 21.9. The number of carbonyl (C=O) groups is 1. The smallest absolute Gasteiger partial charge is 0.238 e. The van der Waals surface area contributed by atoms with E-state index in [4.69, 9.17) is 9.26 Å². The lowest BCUT2D eigenvalue weighted by atomic mass is 9.88. The van der Waals surface area contributed by atoms with Gasteiger partial charge in [0.2, 0.25) is 11.7 Å². The van der Waals surface area contributed by atoms with E-state index in [-0.39, 0.29) is 23.2 Å². The molecule has 0 amide bonds. The van der Waals surface area contributed by atoms with E-state index in [1.807, 2.05) is 6.92 Å². The highest BCUT2D eigenvalue weighted by Gasteiger charge is 2.35. The molecule has 1 aromatic heterocycles. The molecule has 19 heavy (non-hydrogen) atoms. The van der Waals surface area contributed by atoms with E-state index in [1.54, 1.807) is 11.8 Å². The molecule has 0 bridgehead atoms. The average Bonchev–Trinajstić information content (AvgIpc) is 2.92. The first-order valence-electron chi connectivity index (χ1n) is 6.49. The summed E-state index contributed by atoms with van der Waals surface area (Å²) < 4.78 is 11.0. The topological polar surface area (TPSA) is 65.2 Å². The fourth-order valence-electron chi connectivity index (χ4n) is 2.05. The molecule has 0 N–H and O–H groups in total. The SMILES string of the molecule is CCOC(c1noc(C2CSCC2=O)n1)C(C)(C)C. The van der Waals surface area contributed by atoms with Crippen molar-refractivity contribution in [1.29, 1.82) is 0 Å². The molecule has 0 spiro atoms. The van der Waals surface area contributed by atoms with E-state index in [1.165, 1.54) is 0 Å². The number of ether oxygens (including phenoxy) is 1. The van der Waals surface area contributed by atoms with Crippen LogP contribution in [-0.2, 0) is 9.53 Å². The van der Waals surface area contributed by atoms with E-state index in [0.717, 1.165) is 5.75 Å². The van der Waals surface area contributed by atoms with Crippen molar-refractivity contribution in [2.75, 3.05) is 18.1 Å². The fourth-order valence-corrected chi connectivity index (χ4v) is 3.14. The van der Waals surface area contributed by atoms with Crippen molar-refractivity contribution >= 4 is 17.5 Å². The van der Waals surface area contributed by atoms with Gasteiger partial charge in [0, 0.05) is 12.4 Å². The minimum Gasteiger partial charge on any atom is -0.370 e. The first-order valence-corrected chi connectivity index (χ1v) is 7.64. The predicted molar refractivity (Wildman–Crippen MR) is 73.2 cm³/mol. The number of aromatic nitrogens is 2. The van der Waals surface area contributed by atoms with Gasteiger partial charge in [-0.15, -0.1) is 0 Å². The molecule has 1 aliphatic rings. The summed E-state index contributed by atoms with van der Waals surface area (Å²) in [6, 6.07) is 0. The number of hydrogen-bond donors (Lipinski definition) is 0. The largest absolute Gasteiger partial charge is 0.370 e. The quantitative estimate of drug-likeness (QED) is 0.846. The number of Topliss-reactive ketones (excluding diaryl/α,β-unsaturated/α-hetero) is 1. The van der Waals surface area contributed by atoms with Gasteiger partial charge in [-0.05, 0) is 12.3 Å². The molecule has 0 aromatic carbocycles. The summed E-state index contributed by atoms with van der Waals surface area (Å²) in [5, 5.41) is 4.01. The number of rotatable bonds is 4. The van der Waals surface area contributed by atoms with Crippen LogP contribution in [0.4, 0.5) is 0 Å². The minimum absolute atomic E-state index is 0.119. The molecule has 1 aliphatic heterocycles. The lowest BCUT2D eigenvalue weighted by Crippen LogP contribution is -2.22. The maximum atomic E-state index is 11.7. The second kappa shape index (κ2) is 5.63. The lowest BCUT2D eigenvalue weighted by Gasteiger charge is -2.27. The Kier molecular flexibility index (Phi) is 4.30. The zero-order valence-corrected chi connectivity index (χ0v) is 12.6. The highest BCUT2D eigenvalue weighted by molar-refractivity contribution is 8.00. The Morgan fingerprint density at radius 3 is 2.79 bits per heavy atom. The zero-order valence-electron chi connectivity index (χ0n) is 11.8. The van der Waals surface area contributed by atoms with Gasteiger partial charge in [-0.25, -0.2) is 0 Å². The zero-order chi connectivity index (χ0) is 14.0. The van der Waals surface area contributed by atoms with Gasteiger partial charge >= 0.3 is 0 Å². The molecule has 1 fully saturated rings. The lowest BCUT2D eigenvalue weighted by molar-refractivity contribution is -0.117. The van der Waals surface area contributed by atoms with Crippen LogP contribution in [0.1, 0.15) is 51.4 Å². The molecule has 1 aromatic rings. The number of thioether (sulfide) groups is 1. The van der Waals surface area contributed by atoms with Crippen LogP contribution in [-0.4, -0.2) is 34.0 Å². The summed E-state index contributed by atoms with van der Waals surface area (Å²) in [5.41, 5.74) is -0.119. The van der Waals surface area contributed by atoms with Crippen molar-refractivity contribution in [3.63, 3.8) is 0 Å². The van der Waals surface area contributed by atoms with E-state index < -0.39 is 0 Å². The molecule has 0 saturated carbocycles. The monoisotopic (exact) mass is 284 g/mol. The van der Waals surface area contributed by atoms with Crippen LogP contribution < -0.4 is 0 Å². The molecule has 2 heterocycles. The number of nitrogens with zero attached hydrogens (tertiary/aromatic N) is 2. The van der Waals surface area contributed by atoms with Crippen molar-refractivity contribution in [1.82, 2.24) is 10.1 Å². The van der Waals surface area contributed by atoms with Crippen LogP contribution in [0.3, 0.4) is 0 Å². The Morgan fingerprint density at radius 2 is 2.26 bits per heavy atom. The van der Waals surface area contributed by atoms with Crippen molar-refractivity contribution in [2.24, 2.45) is 5.41 Å². The molecule has 2 atom stereocenters. The summed E-state index contributed by atoms with van der Waals surface area (Å²) in [6.07, 6.45) is -0.223.